The Hall–Kier alpha value is -2.05. The second-order valence-electron chi connectivity index (χ2n) is 6.31. The Balaban J connectivity index is 1.71. The third-order valence-electron chi connectivity index (χ3n) is 3.15. The molecule has 1 aromatic rings. The van der Waals surface area contributed by atoms with Gasteiger partial charge in [-0.1, -0.05) is 0 Å². The van der Waals surface area contributed by atoms with Crippen molar-refractivity contribution in [2.75, 3.05) is 26.2 Å². The van der Waals surface area contributed by atoms with E-state index in [2.05, 4.69) is 15.3 Å². The van der Waals surface area contributed by atoms with Gasteiger partial charge in [0, 0.05) is 32.0 Å². The predicted molar refractivity (Wildman–Crippen MR) is 85.0 cm³/mol. The minimum Gasteiger partial charge on any atom is -0.444 e. The number of aliphatic imine (C=N–C) groups is 1. The van der Waals surface area contributed by atoms with Gasteiger partial charge in [0.2, 0.25) is 0 Å². The molecule has 7 nitrogen and oxygen atoms in total. The lowest BCUT2D eigenvalue weighted by atomic mass is 10.2. The number of nitrogens with zero attached hydrogens (tertiary/aromatic N) is 4. The predicted octanol–water partition coefficient (Wildman–Crippen LogP) is 1.51. The second kappa shape index (κ2) is 7.29. The molecule has 1 amide bonds. The Bertz CT molecular complexity index is 505. The molecular weight excluding hydrogens is 282 g/mol. The third-order valence-corrected chi connectivity index (χ3v) is 3.15. The fourth-order valence-corrected chi connectivity index (χ4v) is 2.12. The van der Waals surface area contributed by atoms with Crippen LogP contribution in [-0.4, -0.2) is 58.2 Å². The van der Waals surface area contributed by atoms with Crippen LogP contribution < -0.4 is 5.32 Å². The molecule has 1 N–H and O–H groups in total. The largest absolute Gasteiger partial charge is 0.444 e. The van der Waals surface area contributed by atoms with Crippen molar-refractivity contribution in [1.82, 2.24) is 19.8 Å². The number of nitrogens with one attached hydrogen (secondary N) is 1. The molecule has 0 radical (unpaired) electrons. The molecule has 122 valence electrons. The Labute approximate surface area is 131 Å². The zero-order valence-electron chi connectivity index (χ0n) is 13.6. The van der Waals surface area contributed by atoms with Gasteiger partial charge in [-0.15, -0.1) is 0 Å². The Morgan fingerprint density at radius 2 is 2.27 bits per heavy atom. The Kier molecular flexibility index (Phi) is 5.41. The van der Waals surface area contributed by atoms with Crippen molar-refractivity contribution in [3.63, 3.8) is 0 Å². The number of ether oxygens (including phenoxy) is 1. The van der Waals surface area contributed by atoms with Gasteiger partial charge in [-0.3, -0.25) is 9.89 Å². The van der Waals surface area contributed by atoms with E-state index in [-0.39, 0.29) is 6.09 Å². The molecule has 0 bridgehead atoms. The summed E-state index contributed by atoms with van der Waals surface area (Å²) in [5, 5.41) is 3.30. The quantitative estimate of drug-likeness (QED) is 0.856. The van der Waals surface area contributed by atoms with E-state index in [1.165, 1.54) is 0 Å². The zero-order chi connectivity index (χ0) is 16.0. The molecule has 1 aromatic heterocycles. The standard InChI is InChI=1S/C15H25N5O2/c1-15(2,3)22-14(21)20-10-7-18-13(11-20)17-5-4-8-19-9-6-16-12-19/h6,9,12H,4-5,7-8,10-11H2,1-3H3,(H,17,18). The van der Waals surface area contributed by atoms with Crippen molar-refractivity contribution in [1.29, 1.82) is 0 Å². The van der Waals surface area contributed by atoms with Crippen LogP contribution in [0.1, 0.15) is 27.2 Å². The maximum absolute atomic E-state index is 12.1. The highest BCUT2D eigenvalue weighted by molar-refractivity contribution is 5.87. The van der Waals surface area contributed by atoms with Crippen molar-refractivity contribution >= 4 is 11.9 Å². The van der Waals surface area contributed by atoms with Crippen molar-refractivity contribution in [2.24, 2.45) is 4.99 Å². The normalized spacial score (nSPS) is 15.4. The summed E-state index contributed by atoms with van der Waals surface area (Å²) in [4.78, 5) is 22.2. The van der Waals surface area contributed by atoms with Crippen molar-refractivity contribution < 1.29 is 9.53 Å². The number of aryl methyl sites for hydroxylation is 1. The smallest absolute Gasteiger partial charge is 0.410 e. The van der Waals surface area contributed by atoms with Crippen LogP contribution in [0.5, 0.6) is 0 Å². The molecule has 7 heteroatoms. The molecule has 0 aliphatic carbocycles. The molecule has 0 saturated heterocycles. The van der Waals surface area contributed by atoms with E-state index in [1.807, 2.05) is 37.9 Å². The molecule has 0 atom stereocenters. The summed E-state index contributed by atoms with van der Waals surface area (Å²) in [5.74, 6) is 0.850. The van der Waals surface area contributed by atoms with E-state index in [0.717, 1.165) is 25.3 Å². The van der Waals surface area contributed by atoms with E-state index >= 15 is 0 Å². The van der Waals surface area contributed by atoms with Gasteiger partial charge in [-0.25, -0.2) is 9.78 Å². The SMILES string of the molecule is CC(C)(C)OC(=O)N1CCN=C(NCCCn2ccnc2)C1. The van der Waals surface area contributed by atoms with Crippen LogP contribution in [0.2, 0.25) is 0 Å². The number of amidine groups is 1. The van der Waals surface area contributed by atoms with Gasteiger partial charge < -0.3 is 14.6 Å². The van der Waals surface area contributed by atoms with Crippen LogP contribution in [0, 0.1) is 0 Å². The first kappa shape index (κ1) is 16.3. The van der Waals surface area contributed by atoms with Crippen molar-refractivity contribution in [3.8, 4) is 0 Å². The van der Waals surface area contributed by atoms with Crippen LogP contribution in [0.4, 0.5) is 4.79 Å². The van der Waals surface area contributed by atoms with Crippen LogP contribution >= 0.6 is 0 Å². The number of rotatable bonds is 4. The molecule has 0 spiro atoms. The van der Waals surface area contributed by atoms with Crippen molar-refractivity contribution in [3.05, 3.63) is 18.7 Å². The molecule has 1 aliphatic heterocycles. The Morgan fingerprint density at radius 3 is 2.95 bits per heavy atom. The highest BCUT2D eigenvalue weighted by Crippen LogP contribution is 2.10. The second-order valence-corrected chi connectivity index (χ2v) is 6.31. The van der Waals surface area contributed by atoms with Crippen LogP contribution in [-0.2, 0) is 11.3 Å². The first-order valence-corrected chi connectivity index (χ1v) is 7.65. The van der Waals surface area contributed by atoms with Crippen LogP contribution in [0.3, 0.4) is 0 Å². The van der Waals surface area contributed by atoms with E-state index in [1.54, 1.807) is 11.1 Å². The summed E-state index contributed by atoms with van der Waals surface area (Å²) in [6.45, 7) is 9.06. The average molecular weight is 307 g/mol. The topological polar surface area (TPSA) is 71.8 Å². The minimum absolute atomic E-state index is 0.278. The average Bonchev–Trinajstić information content (AvgIpc) is 2.95. The summed E-state index contributed by atoms with van der Waals surface area (Å²) < 4.78 is 7.43. The number of aromatic nitrogens is 2. The van der Waals surface area contributed by atoms with E-state index in [4.69, 9.17) is 4.74 Å². The third kappa shape index (κ3) is 5.38. The lowest BCUT2D eigenvalue weighted by Gasteiger charge is -2.29. The van der Waals surface area contributed by atoms with Crippen molar-refractivity contribution in [2.45, 2.75) is 39.3 Å². The number of hydrogen-bond acceptors (Lipinski definition) is 5. The van der Waals surface area contributed by atoms with Gasteiger partial charge in [0.25, 0.3) is 0 Å². The number of carbonyl (C=O) groups excluding carboxylic acids is 1. The molecule has 1 aliphatic rings. The monoisotopic (exact) mass is 307 g/mol. The van der Waals surface area contributed by atoms with Crippen LogP contribution in [0.25, 0.3) is 0 Å². The summed E-state index contributed by atoms with van der Waals surface area (Å²) in [6, 6.07) is 0. The molecule has 0 fully saturated rings. The van der Waals surface area contributed by atoms with Gasteiger partial charge in [-0.05, 0) is 27.2 Å². The van der Waals surface area contributed by atoms with E-state index in [0.29, 0.717) is 19.6 Å². The number of carbonyl (C=O) groups is 1. The molecular formula is C15H25N5O2. The number of hydrogen-bond donors (Lipinski definition) is 1. The van der Waals surface area contributed by atoms with E-state index in [9.17, 15) is 4.79 Å². The lowest BCUT2D eigenvalue weighted by Crippen LogP contribution is -2.47. The first-order valence-electron chi connectivity index (χ1n) is 7.65. The van der Waals surface area contributed by atoms with E-state index < -0.39 is 5.60 Å². The molecule has 2 heterocycles. The zero-order valence-corrected chi connectivity index (χ0v) is 13.6. The maximum atomic E-state index is 12.1. The maximum Gasteiger partial charge on any atom is 0.410 e. The first-order chi connectivity index (χ1) is 10.4. The summed E-state index contributed by atoms with van der Waals surface area (Å²) in [7, 11) is 0. The molecule has 2 rings (SSSR count). The fraction of sp³-hybridized carbons (Fsp3) is 0.667. The summed E-state index contributed by atoms with van der Waals surface area (Å²) >= 11 is 0. The molecule has 0 aromatic carbocycles. The highest BCUT2D eigenvalue weighted by Gasteiger charge is 2.24. The Morgan fingerprint density at radius 1 is 1.45 bits per heavy atom. The van der Waals surface area contributed by atoms with Gasteiger partial charge in [-0.2, -0.15) is 0 Å². The van der Waals surface area contributed by atoms with Gasteiger partial charge in [0.15, 0.2) is 0 Å². The molecule has 22 heavy (non-hydrogen) atoms. The van der Waals surface area contributed by atoms with Crippen LogP contribution in [0.15, 0.2) is 23.7 Å². The van der Waals surface area contributed by atoms with Gasteiger partial charge in [0.1, 0.15) is 11.4 Å². The minimum atomic E-state index is -0.468. The molecule has 0 unspecified atom stereocenters. The number of amides is 1. The van der Waals surface area contributed by atoms with Gasteiger partial charge >= 0.3 is 6.09 Å². The summed E-state index contributed by atoms with van der Waals surface area (Å²) in [5.41, 5.74) is -0.468. The lowest BCUT2D eigenvalue weighted by molar-refractivity contribution is 0.0276. The fourth-order valence-electron chi connectivity index (χ4n) is 2.12. The number of imidazole rings is 1. The summed E-state index contributed by atoms with van der Waals surface area (Å²) in [6.07, 6.45) is 6.23. The molecule has 0 saturated carbocycles. The highest BCUT2D eigenvalue weighted by atomic mass is 16.6. The van der Waals surface area contributed by atoms with Gasteiger partial charge in [0.05, 0.1) is 19.4 Å².